The van der Waals surface area contributed by atoms with Crippen molar-refractivity contribution in [3.63, 3.8) is 0 Å². The molecule has 0 amide bonds. The highest BCUT2D eigenvalue weighted by molar-refractivity contribution is 6.08. The molecule has 0 saturated heterocycles. The lowest BCUT2D eigenvalue weighted by atomic mass is 10.1. The van der Waals surface area contributed by atoms with Crippen LogP contribution in [0.15, 0.2) is 60.4 Å². The number of hydrogen-bond acceptors (Lipinski definition) is 6. The fourth-order valence-electron chi connectivity index (χ4n) is 2.60. The summed E-state index contributed by atoms with van der Waals surface area (Å²) in [5.74, 6) is -0.981. The minimum Gasteiger partial charge on any atom is -0.482 e. The van der Waals surface area contributed by atoms with Crippen molar-refractivity contribution >= 4 is 23.8 Å². The Labute approximate surface area is 185 Å². The summed E-state index contributed by atoms with van der Waals surface area (Å²) in [5, 5.41) is 17.6. The van der Waals surface area contributed by atoms with E-state index in [9.17, 15) is 14.4 Å². The van der Waals surface area contributed by atoms with E-state index in [0.717, 1.165) is 5.76 Å². The lowest BCUT2D eigenvalue weighted by Crippen LogP contribution is -2.12. The van der Waals surface area contributed by atoms with Crippen LogP contribution in [0.5, 0.6) is 17.2 Å². The number of carboxylic acid groups (broad SMARTS) is 2. The van der Waals surface area contributed by atoms with Crippen LogP contribution in [0, 0.1) is 0 Å². The first-order chi connectivity index (χ1) is 15.3. The number of carbonyl (C=O) groups excluding carboxylic acids is 1. The van der Waals surface area contributed by atoms with Crippen LogP contribution < -0.4 is 14.2 Å². The molecule has 8 heteroatoms. The summed E-state index contributed by atoms with van der Waals surface area (Å²) in [4.78, 5) is 34.2. The standard InChI is InChI=1S/C24H24O8/c1-3-17(4-2)32-19-10-11-20(22(13-19)31-15-24(28)29)21(25)12-7-16-5-8-18(9-6-16)30-14-23(26)27/h3,5-13H,4,14-15H2,1-2H3,(H,26,27)(H,28,29)/b12-7+,17-3+. The van der Waals surface area contributed by atoms with Gasteiger partial charge in [-0.3, -0.25) is 4.79 Å². The first-order valence-electron chi connectivity index (χ1n) is 9.81. The van der Waals surface area contributed by atoms with Crippen LogP contribution in [0.4, 0.5) is 0 Å². The number of carboxylic acids is 2. The Morgan fingerprint density at radius 2 is 1.53 bits per heavy atom. The highest BCUT2D eigenvalue weighted by atomic mass is 16.5. The second kappa shape index (κ2) is 11.9. The van der Waals surface area contributed by atoms with Gasteiger partial charge in [0, 0.05) is 12.5 Å². The van der Waals surface area contributed by atoms with Gasteiger partial charge in [-0.05, 0) is 48.9 Å². The van der Waals surface area contributed by atoms with Gasteiger partial charge < -0.3 is 24.4 Å². The lowest BCUT2D eigenvalue weighted by molar-refractivity contribution is -0.140. The number of benzene rings is 2. The molecular weight excluding hydrogens is 416 g/mol. The van der Waals surface area contributed by atoms with Crippen molar-refractivity contribution in [3.8, 4) is 17.2 Å². The number of carbonyl (C=O) groups is 3. The molecule has 32 heavy (non-hydrogen) atoms. The number of aliphatic carboxylic acids is 2. The van der Waals surface area contributed by atoms with Crippen LogP contribution in [0.2, 0.25) is 0 Å². The van der Waals surface area contributed by atoms with E-state index in [-0.39, 0.29) is 17.1 Å². The second-order valence-corrected chi connectivity index (χ2v) is 6.50. The van der Waals surface area contributed by atoms with Gasteiger partial charge in [0.2, 0.25) is 0 Å². The molecular formula is C24H24O8. The fraction of sp³-hybridized carbons (Fsp3) is 0.208. The number of hydrogen-bond donors (Lipinski definition) is 2. The van der Waals surface area contributed by atoms with E-state index in [1.807, 2.05) is 19.9 Å². The summed E-state index contributed by atoms with van der Waals surface area (Å²) in [6, 6.07) is 11.1. The third-order valence-corrected chi connectivity index (χ3v) is 4.16. The largest absolute Gasteiger partial charge is 0.482 e. The Morgan fingerprint density at radius 1 is 0.906 bits per heavy atom. The topological polar surface area (TPSA) is 119 Å². The Bertz CT molecular complexity index is 1020. The average molecular weight is 440 g/mol. The van der Waals surface area contributed by atoms with Crippen molar-refractivity contribution in [1.29, 1.82) is 0 Å². The molecule has 2 aromatic rings. The van der Waals surface area contributed by atoms with E-state index in [4.69, 9.17) is 24.4 Å². The monoisotopic (exact) mass is 440 g/mol. The summed E-state index contributed by atoms with van der Waals surface area (Å²) in [7, 11) is 0. The lowest BCUT2D eigenvalue weighted by Gasteiger charge is -2.12. The summed E-state index contributed by atoms with van der Waals surface area (Å²) >= 11 is 0. The molecule has 2 N–H and O–H groups in total. The Hall–Kier alpha value is -4.07. The zero-order chi connectivity index (χ0) is 23.5. The SMILES string of the molecule is C/C=C(\CC)Oc1ccc(C(=O)/C=C/c2ccc(OCC(=O)O)cc2)c(OCC(=O)O)c1. The van der Waals surface area contributed by atoms with Crippen molar-refractivity contribution in [2.45, 2.75) is 20.3 Å². The fourth-order valence-corrected chi connectivity index (χ4v) is 2.60. The van der Waals surface area contributed by atoms with Gasteiger partial charge in [0.25, 0.3) is 0 Å². The predicted molar refractivity (Wildman–Crippen MR) is 117 cm³/mol. The Balaban J connectivity index is 2.19. The van der Waals surface area contributed by atoms with Crippen LogP contribution in [0.25, 0.3) is 6.08 Å². The molecule has 0 heterocycles. The van der Waals surface area contributed by atoms with Gasteiger partial charge in [-0.25, -0.2) is 9.59 Å². The molecule has 0 aliphatic heterocycles. The maximum atomic E-state index is 12.7. The normalized spacial score (nSPS) is 11.2. The minimum absolute atomic E-state index is 0.100. The molecule has 0 saturated carbocycles. The highest BCUT2D eigenvalue weighted by Gasteiger charge is 2.14. The second-order valence-electron chi connectivity index (χ2n) is 6.50. The first-order valence-corrected chi connectivity index (χ1v) is 9.81. The molecule has 0 aliphatic rings. The quantitative estimate of drug-likeness (QED) is 0.286. The predicted octanol–water partition coefficient (Wildman–Crippen LogP) is 4.20. The number of ether oxygens (including phenoxy) is 3. The number of allylic oxidation sites excluding steroid dienone is 3. The van der Waals surface area contributed by atoms with Gasteiger partial charge in [-0.15, -0.1) is 0 Å². The molecule has 168 valence electrons. The summed E-state index contributed by atoms with van der Waals surface area (Å²) in [6.07, 6.45) is 5.40. The minimum atomic E-state index is -1.17. The zero-order valence-electron chi connectivity index (χ0n) is 17.7. The van der Waals surface area contributed by atoms with E-state index in [1.54, 1.807) is 36.4 Å². The van der Waals surface area contributed by atoms with E-state index < -0.39 is 25.2 Å². The molecule has 0 spiro atoms. The molecule has 0 aromatic heterocycles. The van der Waals surface area contributed by atoms with Gasteiger partial charge >= 0.3 is 11.9 Å². The van der Waals surface area contributed by atoms with Crippen molar-refractivity contribution < 1.29 is 38.8 Å². The van der Waals surface area contributed by atoms with E-state index >= 15 is 0 Å². The van der Waals surface area contributed by atoms with Gasteiger partial charge in [0.1, 0.15) is 17.2 Å². The van der Waals surface area contributed by atoms with Crippen LogP contribution in [-0.4, -0.2) is 41.1 Å². The van der Waals surface area contributed by atoms with Crippen LogP contribution in [-0.2, 0) is 9.59 Å². The van der Waals surface area contributed by atoms with E-state index in [0.29, 0.717) is 23.5 Å². The average Bonchev–Trinajstić information content (AvgIpc) is 2.78. The van der Waals surface area contributed by atoms with Gasteiger partial charge in [-0.1, -0.05) is 25.1 Å². The maximum absolute atomic E-state index is 12.7. The molecule has 0 radical (unpaired) electrons. The van der Waals surface area contributed by atoms with Crippen molar-refractivity contribution in [2.75, 3.05) is 13.2 Å². The van der Waals surface area contributed by atoms with Crippen LogP contribution >= 0.6 is 0 Å². The molecule has 2 aromatic carbocycles. The molecule has 0 aliphatic carbocycles. The van der Waals surface area contributed by atoms with E-state index in [2.05, 4.69) is 0 Å². The molecule has 0 bridgehead atoms. The smallest absolute Gasteiger partial charge is 0.341 e. The van der Waals surface area contributed by atoms with Crippen molar-refractivity contribution in [3.05, 3.63) is 71.5 Å². The molecule has 0 fully saturated rings. The number of ketones is 1. The molecule has 2 rings (SSSR count). The van der Waals surface area contributed by atoms with Crippen molar-refractivity contribution in [2.24, 2.45) is 0 Å². The van der Waals surface area contributed by atoms with E-state index in [1.165, 1.54) is 18.2 Å². The third-order valence-electron chi connectivity index (χ3n) is 4.16. The number of rotatable bonds is 12. The van der Waals surface area contributed by atoms with Crippen LogP contribution in [0.1, 0.15) is 36.2 Å². The van der Waals surface area contributed by atoms with Crippen LogP contribution in [0.3, 0.4) is 0 Å². The van der Waals surface area contributed by atoms with Gasteiger partial charge in [0.15, 0.2) is 19.0 Å². The van der Waals surface area contributed by atoms with Crippen molar-refractivity contribution in [1.82, 2.24) is 0 Å². The molecule has 0 atom stereocenters. The highest BCUT2D eigenvalue weighted by Crippen LogP contribution is 2.28. The summed E-state index contributed by atoms with van der Waals surface area (Å²) < 4.78 is 16.1. The zero-order valence-corrected chi connectivity index (χ0v) is 17.7. The Morgan fingerprint density at radius 3 is 2.12 bits per heavy atom. The summed E-state index contributed by atoms with van der Waals surface area (Å²) in [5.41, 5.74) is 0.879. The molecule has 0 unspecified atom stereocenters. The molecule has 8 nitrogen and oxygen atoms in total. The first kappa shape index (κ1) is 24.2. The van der Waals surface area contributed by atoms with Gasteiger partial charge in [0.05, 0.1) is 11.3 Å². The maximum Gasteiger partial charge on any atom is 0.341 e. The summed E-state index contributed by atoms with van der Waals surface area (Å²) in [6.45, 7) is 2.73. The Kier molecular flexibility index (Phi) is 9.04. The third kappa shape index (κ3) is 7.64. The van der Waals surface area contributed by atoms with Gasteiger partial charge in [-0.2, -0.15) is 0 Å².